The Kier molecular flexibility index (Phi) is 6.86. The molecule has 0 saturated heterocycles. The first-order valence-electron chi connectivity index (χ1n) is 5.73. The van der Waals surface area contributed by atoms with Crippen LogP contribution in [0.1, 0.15) is 5.56 Å². The van der Waals surface area contributed by atoms with Gasteiger partial charge in [-0.15, -0.1) is 5.46 Å². The van der Waals surface area contributed by atoms with Crippen molar-refractivity contribution in [1.29, 1.82) is 0 Å². The first-order chi connectivity index (χ1) is 9.36. The van der Waals surface area contributed by atoms with Gasteiger partial charge in [0, 0.05) is 5.56 Å². The van der Waals surface area contributed by atoms with Crippen molar-refractivity contribution in [2.24, 2.45) is 0 Å². The summed E-state index contributed by atoms with van der Waals surface area (Å²) in [6.45, 7) is -5.32. The molecule has 0 saturated carbocycles. The third kappa shape index (κ3) is 5.37. The molecule has 0 amide bonds. The Hall–Kier alpha value is -0.409. The smallest absolute Gasteiger partial charge is 0.489 e. The number of ether oxygens (including phenoxy) is 1. The monoisotopic (exact) mass is 326 g/mol. The molecule has 0 bridgehead atoms. The van der Waals surface area contributed by atoms with Crippen LogP contribution in [0.4, 0.5) is 21.7 Å². The average Bonchev–Trinajstić information content (AvgIpc) is 2.39. The van der Waals surface area contributed by atoms with Crippen LogP contribution in [0, 0.1) is 11.6 Å². The molecular formula is C13H9BF5KO. The Morgan fingerprint density at radius 2 is 1.52 bits per heavy atom. The summed E-state index contributed by atoms with van der Waals surface area (Å²) in [7, 11) is 0. The second kappa shape index (κ2) is 7.73. The summed E-state index contributed by atoms with van der Waals surface area (Å²) in [4.78, 5) is 0. The van der Waals surface area contributed by atoms with Crippen molar-refractivity contribution in [2.75, 3.05) is 0 Å². The van der Waals surface area contributed by atoms with Crippen molar-refractivity contribution in [3.63, 3.8) is 0 Å². The van der Waals surface area contributed by atoms with Gasteiger partial charge in [0.25, 0.3) is 0 Å². The van der Waals surface area contributed by atoms with E-state index in [9.17, 15) is 21.7 Å². The first-order valence-corrected chi connectivity index (χ1v) is 5.73. The minimum absolute atomic E-state index is 0. The van der Waals surface area contributed by atoms with E-state index in [1.807, 2.05) is 0 Å². The van der Waals surface area contributed by atoms with Crippen molar-refractivity contribution in [2.45, 2.75) is 6.61 Å². The van der Waals surface area contributed by atoms with Crippen LogP contribution in [0.2, 0.25) is 0 Å². The molecule has 0 spiro atoms. The molecule has 2 aromatic carbocycles. The van der Waals surface area contributed by atoms with Crippen LogP contribution in [-0.2, 0) is 6.61 Å². The number of hydrogen-bond donors (Lipinski definition) is 0. The van der Waals surface area contributed by atoms with Gasteiger partial charge in [-0.05, 0) is 30.3 Å². The molecule has 0 aliphatic rings. The molecule has 8 heteroatoms. The van der Waals surface area contributed by atoms with E-state index in [1.165, 1.54) is 0 Å². The molecule has 0 aliphatic carbocycles. The van der Waals surface area contributed by atoms with Gasteiger partial charge < -0.3 is 17.7 Å². The van der Waals surface area contributed by atoms with Gasteiger partial charge in [-0.3, -0.25) is 0 Å². The van der Waals surface area contributed by atoms with E-state index < -0.39 is 24.1 Å². The van der Waals surface area contributed by atoms with Gasteiger partial charge >= 0.3 is 58.4 Å². The normalized spacial score (nSPS) is 10.9. The predicted octanol–water partition coefficient (Wildman–Crippen LogP) is 0.602. The van der Waals surface area contributed by atoms with Crippen molar-refractivity contribution >= 4 is 12.4 Å². The molecule has 0 radical (unpaired) electrons. The summed E-state index contributed by atoms with van der Waals surface area (Å²) < 4.78 is 68.5. The van der Waals surface area contributed by atoms with E-state index in [0.717, 1.165) is 42.5 Å². The Balaban J connectivity index is 0.00000220. The van der Waals surface area contributed by atoms with Crippen LogP contribution in [0.5, 0.6) is 5.75 Å². The molecule has 0 fully saturated rings. The van der Waals surface area contributed by atoms with Gasteiger partial charge in [0.05, 0.1) is 0 Å². The summed E-state index contributed by atoms with van der Waals surface area (Å²) in [6.07, 6.45) is 0. The number of halogens is 5. The van der Waals surface area contributed by atoms with Gasteiger partial charge in [0.1, 0.15) is 24.0 Å². The number of benzene rings is 2. The zero-order valence-corrected chi connectivity index (χ0v) is 14.2. The van der Waals surface area contributed by atoms with Crippen LogP contribution >= 0.6 is 0 Å². The third-order valence-electron chi connectivity index (χ3n) is 2.66. The second-order valence-electron chi connectivity index (χ2n) is 4.17. The first kappa shape index (κ1) is 18.6. The Labute approximate surface area is 161 Å². The third-order valence-corrected chi connectivity index (χ3v) is 2.66. The topological polar surface area (TPSA) is 9.23 Å². The van der Waals surface area contributed by atoms with Crippen LogP contribution in [-0.4, -0.2) is 6.98 Å². The predicted molar refractivity (Wildman–Crippen MR) is 65.8 cm³/mol. The molecular weight excluding hydrogens is 317 g/mol. The molecule has 0 unspecified atom stereocenters. The molecule has 21 heavy (non-hydrogen) atoms. The van der Waals surface area contributed by atoms with Gasteiger partial charge in [-0.25, -0.2) is 8.78 Å². The van der Waals surface area contributed by atoms with Crippen LogP contribution < -0.4 is 61.6 Å². The maximum atomic E-state index is 13.3. The molecule has 0 aliphatic heterocycles. The Morgan fingerprint density at radius 1 is 0.905 bits per heavy atom. The molecule has 1 nitrogen and oxygen atoms in total. The summed E-state index contributed by atoms with van der Waals surface area (Å²) in [5, 5.41) is 0. The fourth-order valence-corrected chi connectivity index (χ4v) is 1.60. The van der Waals surface area contributed by atoms with Gasteiger partial charge in [0.15, 0.2) is 0 Å². The standard InChI is InChI=1S/C13H9BF5O.K/c15-11-3-6-13(16)9(7-11)8-20-12-4-1-10(2-5-12)14(17,18)19;/h1-7H,8H2;/q-1;+1. The Morgan fingerprint density at radius 3 is 2.10 bits per heavy atom. The SMILES string of the molecule is Fc1ccc(F)c(COc2ccc([B-](F)(F)F)cc2)c1.[K+]. The fraction of sp³-hybridized carbons (Fsp3) is 0.0769. The minimum Gasteiger partial charge on any atom is -0.489 e. The molecule has 0 N–H and O–H groups in total. The zero-order chi connectivity index (χ0) is 14.8. The second-order valence-corrected chi connectivity index (χ2v) is 4.17. The Bertz CT molecular complexity index is 601. The van der Waals surface area contributed by atoms with E-state index in [2.05, 4.69) is 0 Å². The molecule has 2 rings (SSSR count). The van der Waals surface area contributed by atoms with E-state index >= 15 is 0 Å². The summed E-state index contributed by atoms with van der Waals surface area (Å²) in [5.74, 6) is -1.10. The van der Waals surface area contributed by atoms with Crippen molar-refractivity contribution < 1.29 is 77.8 Å². The average molecular weight is 326 g/mol. The maximum absolute atomic E-state index is 13.3. The quantitative estimate of drug-likeness (QED) is 0.591. The molecule has 0 atom stereocenters. The van der Waals surface area contributed by atoms with E-state index in [0.29, 0.717) is 0 Å². The van der Waals surface area contributed by atoms with Gasteiger partial charge in [0.2, 0.25) is 0 Å². The number of rotatable bonds is 4. The van der Waals surface area contributed by atoms with Gasteiger partial charge in [-0.2, -0.15) is 0 Å². The zero-order valence-electron chi connectivity index (χ0n) is 11.1. The summed E-state index contributed by atoms with van der Waals surface area (Å²) in [5.41, 5.74) is -0.747. The number of hydrogen-bond acceptors (Lipinski definition) is 1. The van der Waals surface area contributed by atoms with E-state index in [-0.39, 0.29) is 69.3 Å². The summed E-state index contributed by atoms with van der Waals surface area (Å²) in [6, 6.07) is 6.96. The van der Waals surface area contributed by atoms with Crippen molar-refractivity contribution in [1.82, 2.24) is 0 Å². The van der Waals surface area contributed by atoms with Gasteiger partial charge in [-0.1, -0.05) is 12.1 Å². The van der Waals surface area contributed by atoms with Crippen LogP contribution in [0.15, 0.2) is 42.5 Å². The van der Waals surface area contributed by atoms with Crippen LogP contribution in [0.3, 0.4) is 0 Å². The fourth-order valence-electron chi connectivity index (χ4n) is 1.60. The van der Waals surface area contributed by atoms with Crippen molar-refractivity contribution in [3.8, 4) is 5.75 Å². The van der Waals surface area contributed by atoms with Crippen molar-refractivity contribution in [3.05, 3.63) is 59.7 Å². The van der Waals surface area contributed by atoms with Crippen LogP contribution in [0.25, 0.3) is 0 Å². The largest absolute Gasteiger partial charge is 1.00 e. The summed E-state index contributed by atoms with van der Waals surface area (Å²) >= 11 is 0. The molecule has 2 aromatic rings. The minimum atomic E-state index is -5.05. The maximum Gasteiger partial charge on any atom is 1.00 e. The molecule has 0 heterocycles. The molecule has 106 valence electrons. The molecule has 0 aromatic heterocycles. The van der Waals surface area contributed by atoms with E-state index in [4.69, 9.17) is 4.74 Å². The van der Waals surface area contributed by atoms with E-state index in [1.54, 1.807) is 0 Å².